The Balaban J connectivity index is 1.43. The van der Waals surface area contributed by atoms with E-state index in [1.807, 2.05) is 41.0 Å². The molecule has 0 aromatic heterocycles. The minimum absolute atomic E-state index is 0.00116. The van der Waals surface area contributed by atoms with E-state index >= 15 is 0 Å². The molecule has 2 heterocycles. The van der Waals surface area contributed by atoms with Crippen molar-refractivity contribution in [3.8, 4) is 5.75 Å². The molecule has 142 valence electrons. The molecule has 0 radical (unpaired) electrons. The maximum Gasteiger partial charge on any atom is 0.260 e. The molecule has 0 unspecified atom stereocenters. The lowest BCUT2D eigenvalue weighted by atomic mass is 9.95. The molecule has 2 aliphatic rings. The van der Waals surface area contributed by atoms with Crippen molar-refractivity contribution in [1.29, 1.82) is 0 Å². The summed E-state index contributed by atoms with van der Waals surface area (Å²) in [6, 6.07) is 7.70. The second-order valence-electron chi connectivity index (χ2n) is 7.34. The fraction of sp³-hybridized carbons (Fsp3) is 0.600. The van der Waals surface area contributed by atoms with Crippen molar-refractivity contribution in [1.82, 2.24) is 14.7 Å². The highest BCUT2D eigenvalue weighted by Crippen LogP contribution is 2.21. The molecular weight excluding hydrogens is 330 g/mol. The lowest BCUT2D eigenvalue weighted by Crippen LogP contribution is -2.51. The molecular formula is C20H29N3O3. The highest BCUT2D eigenvalue weighted by Gasteiger charge is 2.31. The van der Waals surface area contributed by atoms with Crippen LogP contribution in [0.25, 0.3) is 0 Å². The highest BCUT2D eigenvalue weighted by atomic mass is 16.5. The summed E-state index contributed by atoms with van der Waals surface area (Å²) in [5, 5.41) is 0. The summed E-state index contributed by atoms with van der Waals surface area (Å²) < 4.78 is 5.66. The summed E-state index contributed by atoms with van der Waals surface area (Å²) in [5.41, 5.74) is 1.02. The van der Waals surface area contributed by atoms with E-state index in [2.05, 4.69) is 11.9 Å². The van der Waals surface area contributed by atoms with Crippen LogP contribution in [0.1, 0.15) is 18.4 Å². The van der Waals surface area contributed by atoms with Crippen LogP contribution in [-0.2, 0) is 9.59 Å². The lowest BCUT2D eigenvalue weighted by Gasteiger charge is -2.37. The molecule has 2 saturated heterocycles. The van der Waals surface area contributed by atoms with Crippen molar-refractivity contribution in [2.45, 2.75) is 19.8 Å². The van der Waals surface area contributed by atoms with Crippen molar-refractivity contribution in [2.75, 3.05) is 52.9 Å². The van der Waals surface area contributed by atoms with Crippen LogP contribution in [0.3, 0.4) is 0 Å². The SMILES string of the molecule is Cc1ccccc1OCC(=O)N1CCC(C(=O)N2CCN(C)CC2)CC1. The molecule has 6 nitrogen and oxygen atoms in total. The average molecular weight is 359 g/mol. The molecule has 0 N–H and O–H groups in total. The Morgan fingerprint density at radius 2 is 1.65 bits per heavy atom. The van der Waals surface area contributed by atoms with Gasteiger partial charge in [-0.2, -0.15) is 0 Å². The first-order valence-electron chi connectivity index (χ1n) is 9.48. The quantitative estimate of drug-likeness (QED) is 0.815. The van der Waals surface area contributed by atoms with Gasteiger partial charge in [-0.05, 0) is 38.4 Å². The van der Waals surface area contributed by atoms with Crippen LogP contribution < -0.4 is 4.74 Å². The molecule has 1 aromatic carbocycles. The van der Waals surface area contributed by atoms with Gasteiger partial charge in [0.05, 0.1) is 0 Å². The fourth-order valence-electron chi connectivity index (χ4n) is 3.61. The summed E-state index contributed by atoms with van der Waals surface area (Å²) in [4.78, 5) is 31.1. The molecule has 2 fully saturated rings. The summed E-state index contributed by atoms with van der Waals surface area (Å²) in [5.74, 6) is 1.07. The number of carbonyl (C=O) groups excluding carboxylic acids is 2. The Bertz CT molecular complexity index is 633. The van der Waals surface area contributed by atoms with Gasteiger partial charge in [-0.15, -0.1) is 0 Å². The minimum Gasteiger partial charge on any atom is -0.484 e. The predicted molar refractivity (Wildman–Crippen MR) is 100 cm³/mol. The van der Waals surface area contributed by atoms with E-state index in [9.17, 15) is 9.59 Å². The van der Waals surface area contributed by atoms with Crippen LogP contribution in [0.5, 0.6) is 5.75 Å². The van der Waals surface area contributed by atoms with Gasteiger partial charge in [0, 0.05) is 45.2 Å². The zero-order valence-corrected chi connectivity index (χ0v) is 15.8. The number of benzene rings is 1. The maximum absolute atomic E-state index is 12.7. The van der Waals surface area contributed by atoms with Gasteiger partial charge in [0.25, 0.3) is 5.91 Å². The molecule has 2 aliphatic heterocycles. The molecule has 0 spiro atoms. The minimum atomic E-state index is -0.00116. The standard InChI is InChI=1S/C20H29N3O3/c1-16-5-3-4-6-18(16)26-15-19(24)22-9-7-17(8-10-22)20(25)23-13-11-21(2)12-14-23/h3-6,17H,7-15H2,1-2H3. The average Bonchev–Trinajstić information content (AvgIpc) is 2.67. The molecule has 0 saturated carbocycles. The number of amides is 2. The first-order valence-corrected chi connectivity index (χ1v) is 9.48. The number of hydrogen-bond donors (Lipinski definition) is 0. The largest absolute Gasteiger partial charge is 0.484 e. The zero-order chi connectivity index (χ0) is 18.5. The molecule has 26 heavy (non-hydrogen) atoms. The predicted octanol–water partition coefficient (Wildman–Crippen LogP) is 1.39. The number of aryl methyl sites for hydroxylation is 1. The number of hydrogen-bond acceptors (Lipinski definition) is 4. The number of carbonyl (C=O) groups is 2. The molecule has 3 rings (SSSR count). The lowest BCUT2D eigenvalue weighted by molar-refractivity contribution is -0.142. The topological polar surface area (TPSA) is 53.1 Å². The number of nitrogens with zero attached hydrogens (tertiary/aromatic N) is 3. The van der Waals surface area contributed by atoms with Crippen molar-refractivity contribution in [3.63, 3.8) is 0 Å². The van der Waals surface area contributed by atoms with Crippen molar-refractivity contribution in [3.05, 3.63) is 29.8 Å². The first kappa shape index (κ1) is 18.7. The Morgan fingerprint density at radius 3 is 2.31 bits per heavy atom. The first-order chi connectivity index (χ1) is 12.5. The number of ether oxygens (including phenoxy) is 1. The third-order valence-corrected chi connectivity index (χ3v) is 5.46. The summed E-state index contributed by atoms with van der Waals surface area (Å²) in [6.45, 7) is 6.83. The van der Waals surface area contributed by atoms with Crippen LogP contribution in [-0.4, -0.2) is 79.4 Å². The Labute approximate surface area is 155 Å². The van der Waals surface area contributed by atoms with Crippen molar-refractivity contribution in [2.24, 2.45) is 5.92 Å². The van der Waals surface area contributed by atoms with Crippen molar-refractivity contribution >= 4 is 11.8 Å². The highest BCUT2D eigenvalue weighted by molar-refractivity contribution is 5.80. The van der Waals surface area contributed by atoms with Crippen LogP contribution in [0.2, 0.25) is 0 Å². The van der Waals surface area contributed by atoms with Crippen LogP contribution in [0.15, 0.2) is 24.3 Å². The Morgan fingerprint density at radius 1 is 1.00 bits per heavy atom. The normalized spacial score (nSPS) is 19.5. The van der Waals surface area contributed by atoms with Crippen LogP contribution in [0.4, 0.5) is 0 Å². The molecule has 0 bridgehead atoms. The summed E-state index contributed by atoms with van der Waals surface area (Å²) in [7, 11) is 2.09. The number of likely N-dealkylation sites (N-methyl/N-ethyl adjacent to an activating group) is 1. The van der Waals surface area contributed by atoms with Crippen LogP contribution >= 0.6 is 0 Å². The number of piperidine rings is 1. The third-order valence-electron chi connectivity index (χ3n) is 5.46. The Kier molecular flexibility index (Phi) is 6.14. The van der Waals surface area contributed by atoms with Gasteiger partial charge in [0.15, 0.2) is 6.61 Å². The van der Waals surface area contributed by atoms with Gasteiger partial charge in [0.1, 0.15) is 5.75 Å². The molecule has 6 heteroatoms. The van der Waals surface area contributed by atoms with E-state index in [0.717, 1.165) is 50.3 Å². The summed E-state index contributed by atoms with van der Waals surface area (Å²) in [6.07, 6.45) is 1.50. The smallest absolute Gasteiger partial charge is 0.260 e. The fourth-order valence-corrected chi connectivity index (χ4v) is 3.61. The maximum atomic E-state index is 12.7. The second-order valence-corrected chi connectivity index (χ2v) is 7.34. The van der Waals surface area contributed by atoms with E-state index in [4.69, 9.17) is 4.74 Å². The van der Waals surface area contributed by atoms with E-state index < -0.39 is 0 Å². The number of rotatable bonds is 4. The van der Waals surface area contributed by atoms with Crippen molar-refractivity contribution < 1.29 is 14.3 Å². The molecule has 0 atom stereocenters. The van der Waals surface area contributed by atoms with E-state index in [0.29, 0.717) is 13.1 Å². The van der Waals surface area contributed by atoms with Crippen LogP contribution in [0, 0.1) is 12.8 Å². The number of para-hydroxylation sites is 1. The van der Waals surface area contributed by atoms with Gasteiger partial charge in [-0.1, -0.05) is 18.2 Å². The van der Waals surface area contributed by atoms with Gasteiger partial charge >= 0.3 is 0 Å². The molecule has 2 amide bonds. The third kappa shape index (κ3) is 4.55. The van der Waals surface area contributed by atoms with Gasteiger partial charge < -0.3 is 19.4 Å². The van der Waals surface area contributed by atoms with E-state index in [-0.39, 0.29) is 24.3 Å². The van der Waals surface area contributed by atoms with Gasteiger partial charge in [-0.3, -0.25) is 9.59 Å². The number of likely N-dealkylation sites (tertiary alicyclic amines) is 1. The van der Waals surface area contributed by atoms with Gasteiger partial charge in [0.2, 0.25) is 5.91 Å². The molecule has 1 aromatic rings. The van der Waals surface area contributed by atoms with E-state index in [1.54, 1.807) is 0 Å². The van der Waals surface area contributed by atoms with Gasteiger partial charge in [-0.25, -0.2) is 0 Å². The molecule has 0 aliphatic carbocycles. The van der Waals surface area contributed by atoms with E-state index in [1.165, 1.54) is 0 Å². The number of piperazine rings is 1. The monoisotopic (exact) mass is 359 g/mol. The zero-order valence-electron chi connectivity index (χ0n) is 15.8. The summed E-state index contributed by atoms with van der Waals surface area (Å²) >= 11 is 0. The Hall–Kier alpha value is -2.08. The second kappa shape index (κ2) is 8.54.